The van der Waals surface area contributed by atoms with Gasteiger partial charge in [-0.15, -0.1) is 0 Å². The minimum atomic E-state index is -0.364. The first-order valence-electron chi connectivity index (χ1n) is 4.62. The minimum Gasteiger partial charge on any atom is -0.376 e. The summed E-state index contributed by atoms with van der Waals surface area (Å²) in [5.41, 5.74) is 0.958. The Balaban J connectivity index is 2.33. The van der Waals surface area contributed by atoms with Crippen LogP contribution in [-0.4, -0.2) is 31.7 Å². The lowest BCUT2D eigenvalue weighted by molar-refractivity contribution is -0.144. The molecule has 1 atom stereocenters. The molecule has 1 fully saturated rings. The zero-order valence-electron chi connectivity index (χ0n) is 8.04. The average Bonchev–Trinajstić information content (AvgIpc) is 2.19. The van der Waals surface area contributed by atoms with E-state index in [9.17, 15) is 4.79 Å². The summed E-state index contributed by atoms with van der Waals surface area (Å²) in [5.74, 6) is 0.0894. The van der Waals surface area contributed by atoms with Crippen LogP contribution < -0.4 is 0 Å². The smallest absolute Gasteiger partial charge is 0.167 e. The third-order valence-corrected chi connectivity index (χ3v) is 2.10. The van der Waals surface area contributed by atoms with Crippen molar-refractivity contribution in [2.75, 3.05) is 19.8 Å². The molecule has 1 heterocycles. The fourth-order valence-electron chi connectivity index (χ4n) is 1.16. The highest BCUT2D eigenvalue weighted by Crippen LogP contribution is 2.10. The van der Waals surface area contributed by atoms with Crippen molar-refractivity contribution in [1.29, 1.82) is 0 Å². The summed E-state index contributed by atoms with van der Waals surface area (Å²) in [7, 11) is 0. The Morgan fingerprint density at radius 1 is 1.54 bits per heavy atom. The number of carbonyl (C=O) groups excluding carboxylic acids is 1. The molecule has 0 aromatic carbocycles. The maximum absolute atomic E-state index is 11.5. The summed E-state index contributed by atoms with van der Waals surface area (Å²) in [6.45, 7) is 7.30. The van der Waals surface area contributed by atoms with Crippen LogP contribution in [0.1, 0.15) is 19.8 Å². The number of Topliss-reactive ketones (excluding diaryl/α,β-unsaturated/α-hetero) is 1. The van der Waals surface area contributed by atoms with Crippen LogP contribution in [0.5, 0.6) is 0 Å². The van der Waals surface area contributed by atoms with Crippen molar-refractivity contribution in [3.8, 4) is 0 Å². The van der Waals surface area contributed by atoms with Gasteiger partial charge in [0.25, 0.3) is 0 Å². The highest BCUT2D eigenvalue weighted by Gasteiger charge is 2.22. The van der Waals surface area contributed by atoms with E-state index in [0.717, 1.165) is 12.0 Å². The summed E-state index contributed by atoms with van der Waals surface area (Å²) in [6, 6.07) is 0. The highest BCUT2D eigenvalue weighted by molar-refractivity contribution is 5.85. The normalized spacial score (nSPS) is 22.7. The van der Waals surface area contributed by atoms with Gasteiger partial charge in [-0.05, 0) is 6.42 Å². The molecule has 0 amide bonds. The largest absolute Gasteiger partial charge is 0.376 e. The van der Waals surface area contributed by atoms with E-state index in [1.165, 1.54) is 0 Å². The molecule has 1 unspecified atom stereocenters. The second-order valence-electron chi connectivity index (χ2n) is 3.18. The number of hydrogen-bond donors (Lipinski definition) is 0. The lowest BCUT2D eigenvalue weighted by Gasteiger charge is -2.21. The lowest BCUT2D eigenvalue weighted by Crippen LogP contribution is -2.35. The van der Waals surface area contributed by atoms with Gasteiger partial charge in [-0.3, -0.25) is 4.79 Å². The summed E-state index contributed by atoms with van der Waals surface area (Å²) >= 11 is 0. The van der Waals surface area contributed by atoms with Crippen LogP contribution in [0, 0.1) is 0 Å². The monoisotopic (exact) mass is 184 g/mol. The predicted octanol–water partition coefficient (Wildman–Crippen LogP) is 1.33. The summed E-state index contributed by atoms with van der Waals surface area (Å²) in [5, 5.41) is 0. The summed E-state index contributed by atoms with van der Waals surface area (Å²) < 4.78 is 10.4. The Morgan fingerprint density at radius 2 is 2.31 bits per heavy atom. The van der Waals surface area contributed by atoms with Gasteiger partial charge in [0.15, 0.2) is 5.78 Å². The van der Waals surface area contributed by atoms with Crippen LogP contribution in [0.25, 0.3) is 0 Å². The fraction of sp³-hybridized carbons (Fsp3) is 0.700. The van der Waals surface area contributed by atoms with Crippen molar-refractivity contribution < 1.29 is 14.3 Å². The topological polar surface area (TPSA) is 35.5 Å². The molecule has 13 heavy (non-hydrogen) atoms. The van der Waals surface area contributed by atoms with E-state index in [-0.39, 0.29) is 11.9 Å². The molecule has 0 aromatic rings. The zero-order valence-corrected chi connectivity index (χ0v) is 8.04. The minimum absolute atomic E-state index is 0.0894. The molecule has 0 spiro atoms. The van der Waals surface area contributed by atoms with Gasteiger partial charge < -0.3 is 9.47 Å². The second-order valence-corrected chi connectivity index (χ2v) is 3.18. The first-order valence-corrected chi connectivity index (χ1v) is 4.62. The van der Waals surface area contributed by atoms with Gasteiger partial charge in [-0.2, -0.15) is 0 Å². The van der Waals surface area contributed by atoms with Crippen LogP contribution in [0.3, 0.4) is 0 Å². The molecule has 0 radical (unpaired) electrons. The van der Waals surface area contributed by atoms with Crippen LogP contribution in [0.15, 0.2) is 12.2 Å². The molecule has 0 saturated carbocycles. The number of ketones is 1. The molecule has 74 valence electrons. The Hall–Kier alpha value is -0.670. The fourth-order valence-corrected chi connectivity index (χ4v) is 1.16. The first-order chi connectivity index (χ1) is 6.24. The molecule has 1 aliphatic heterocycles. The molecular weight excluding hydrogens is 168 g/mol. The third kappa shape index (κ3) is 3.28. The predicted molar refractivity (Wildman–Crippen MR) is 49.6 cm³/mol. The second kappa shape index (κ2) is 5.14. The molecule has 3 nitrogen and oxygen atoms in total. The van der Waals surface area contributed by atoms with Gasteiger partial charge in [0.2, 0.25) is 0 Å². The van der Waals surface area contributed by atoms with E-state index >= 15 is 0 Å². The van der Waals surface area contributed by atoms with Crippen molar-refractivity contribution in [2.24, 2.45) is 0 Å². The molecule has 3 heteroatoms. The molecular formula is C10H16O3. The standard InChI is InChI=1S/C10H16O3/c1-3-8(2)6-9(11)10-7-12-4-5-13-10/h10H,2-7H2,1H3. The summed E-state index contributed by atoms with van der Waals surface area (Å²) in [4.78, 5) is 11.5. The quantitative estimate of drug-likeness (QED) is 0.618. The molecule has 1 saturated heterocycles. The zero-order chi connectivity index (χ0) is 9.68. The number of ether oxygens (including phenoxy) is 2. The van der Waals surface area contributed by atoms with Gasteiger partial charge in [-0.1, -0.05) is 19.1 Å². The molecule has 0 bridgehead atoms. The summed E-state index contributed by atoms with van der Waals surface area (Å²) in [6.07, 6.45) is 0.904. The van der Waals surface area contributed by atoms with E-state index in [4.69, 9.17) is 9.47 Å². The molecule has 0 N–H and O–H groups in total. The van der Waals surface area contributed by atoms with Crippen LogP contribution in [0.2, 0.25) is 0 Å². The number of carbonyl (C=O) groups is 1. The van der Waals surface area contributed by atoms with E-state index in [0.29, 0.717) is 26.2 Å². The van der Waals surface area contributed by atoms with Crippen molar-refractivity contribution >= 4 is 5.78 Å². The van der Waals surface area contributed by atoms with Crippen molar-refractivity contribution in [3.05, 3.63) is 12.2 Å². The molecule has 0 aromatic heterocycles. The van der Waals surface area contributed by atoms with E-state index in [2.05, 4.69) is 6.58 Å². The van der Waals surface area contributed by atoms with Gasteiger partial charge >= 0.3 is 0 Å². The van der Waals surface area contributed by atoms with Crippen LogP contribution >= 0.6 is 0 Å². The van der Waals surface area contributed by atoms with Crippen molar-refractivity contribution in [2.45, 2.75) is 25.9 Å². The van der Waals surface area contributed by atoms with Crippen LogP contribution in [-0.2, 0) is 14.3 Å². The van der Waals surface area contributed by atoms with E-state index in [1.807, 2.05) is 6.92 Å². The molecule has 1 aliphatic rings. The average molecular weight is 184 g/mol. The van der Waals surface area contributed by atoms with Gasteiger partial charge in [0.1, 0.15) is 6.10 Å². The SMILES string of the molecule is C=C(CC)CC(=O)C1COCCO1. The van der Waals surface area contributed by atoms with E-state index < -0.39 is 0 Å². The Morgan fingerprint density at radius 3 is 2.85 bits per heavy atom. The maximum atomic E-state index is 11.5. The van der Waals surface area contributed by atoms with Crippen molar-refractivity contribution in [3.63, 3.8) is 0 Å². The van der Waals surface area contributed by atoms with Crippen LogP contribution in [0.4, 0.5) is 0 Å². The van der Waals surface area contributed by atoms with Crippen molar-refractivity contribution in [1.82, 2.24) is 0 Å². The number of allylic oxidation sites excluding steroid dienone is 1. The van der Waals surface area contributed by atoms with E-state index in [1.54, 1.807) is 0 Å². The third-order valence-electron chi connectivity index (χ3n) is 2.10. The lowest BCUT2D eigenvalue weighted by atomic mass is 10.1. The van der Waals surface area contributed by atoms with Gasteiger partial charge in [-0.25, -0.2) is 0 Å². The highest BCUT2D eigenvalue weighted by atomic mass is 16.6. The van der Waals surface area contributed by atoms with Gasteiger partial charge in [0, 0.05) is 6.42 Å². The molecule has 1 rings (SSSR count). The Kier molecular flexibility index (Phi) is 4.12. The number of hydrogen-bond acceptors (Lipinski definition) is 3. The Bertz CT molecular complexity index is 192. The first kappa shape index (κ1) is 10.4. The Labute approximate surface area is 78.7 Å². The number of rotatable bonds is 4. The van der Waals surface area contributed by atoms with Gasteiger partial charge in [0.05, 0.1) is 19.8 Å². The molecule has 0 aliphatic carbocycles. The maximum Gasteiger partial charge on any atom is 0.167 e.